The number of rotatable bonds is 2. The van der Waals surface area contributed by atoms with Gasteiger partial charge in [-0.15, -0.1) is 0 Å². The smallest absolute Gasteiger partial charge is 0.144 e. The molecule has 0 radical (unpaired) electrons. The molecule has 3 nitrogen and oxygen atoms in total. The van der Waals surface area contributed by atoms with Crippen LogP contribution >= 0.6 is 0 Å². The van der Waals surface area contributed by atoms with Gasteiger partial charge in [0.1, 0.15) is 5.82 Å². The highest BCUT2D eigenvalue weighted by Crippen LogP contribution is 2.33. The normalized spacial score (nSPS) is 19.9. The van der Waals surface area contributed by atoms with E-state index in [1.54, 1.807) is 0 Å². The Balaban J connectivity index is 2.12. The predicted octanol–water partition coefficient (Wildman–Crippen LogP) is 2.15. The molecule has 1 unspecified atom stereocenters. The van der Waals surface area contributed by atoms with Crippen LogP contribution < -0.4 is 5.73 Å². The highest BCUT2D eigenvalue weighted by molar-refractivity contribution is 5.13. The Kier molecular flexibility index (Phi) is 2.77. The summed E-state index contributed by atoms with van der Waals surface area (Å²) in [5.41, 5.74) is 6.98. The molecule has 2 rings (SSSR count). The van der Waals surface area contributed by atoms with E-state index in [9.17, 15) is 0 Å². The quantitative estimate of drug-likeness (QED) is 0.779. The summed E-state index contributed by atoms with van der Waals surface area (Å²) in [6.45, 7) is 1.91. The number of nitrogens with zero attached hydrogens (tertiary/aromatic N) is 2. The lowest BCUT2D eigenvalue weighted by molar-refractivity contribution is 0.690. The highest BCUT2D eigenvalue weighted by atomic mass is 14.9. The summed E-state index contributed by atoms with van der Waals surface area (Å²) >= 11 is 0. The first-order valence-electron chi connectivity index (χ1n) is 5.35. The standard InChI is InChI=1S/C11H17N3/c1-8(12)11-13-6-10(7-14-11)9-4-2-3-5-9/h6-9H,2-5,12H2,1H3. The van der Waals surface area contributed by atoms with Crippen molar-refractivity contribution in [2.24, 2.45) is 5.73 Å². The maximum absolute atomic E-state index is 5.69. The van der Waals surface area contributed by atoms with Gasteiger partial charge in [-0.05, 0) is 31.2 Å². The molecule has 76 valence electrons. The molecule has 0 spiro atoms. The van der Waals surface area contributed by atoms with Crippen molar-refractivity contribution in [1.82, 2.24) is 9.97 Å². The van der Waals surface area contributed by atoms with Crippen LogP contribution in [0.3, 0.4) is 0 Å². The summed E-state index contributed by atoms with van der Waals surface area (Å²) in [5, 5.41) is 0. The van der Waals surface area contributed by atoms with Crippen molar-refractivity contribution in [2.45, 2.75) is 44.6 Å². The molecule has 0 bridgehead atoms. The summed E-state index contributed by atoms with van der Waals surface area (Å²) in [4.78, 5) is 8.57. The third-order valence-electron chi connectivity index (χ3n) is 2.93. The van der Waals surface area contributed by atoms with E-state index < -0.39 is 0 Å². The lowest BCUT2D eigenvalue weighted by Gasteiger charge is -2.09. The Morgan fingerprint density at radius 3 is 2.36 bits per heavy atom. The summed E-state index contributed by atoms with van der Waals surface area (Å²) in [5.74, 6) is 1.43. The third kappa shape index (κ3) is 1.93. The zero-order valence-corrected chi connectivity index (χ0v) is 8.61. The first-order chi connectivity index (χ1) is 6.77. The Morgan fingerprint density at radius 2 is 1.86 bits per heavy atom. The summed E-state index contributed by atoms with van der Waals surface area (Å²) in [7, 11) is 0. The van der Waals surface area contributed by atoms with Crippen LogP contribution in [0.1, 0.15) is 56.0 Å². The zero-order valence-electron chi connectivity index (χ0n) is 8.61. The van der Waals surface area contributed by atoms with Crippen LogP contribution in [-0.4, -0.2) is 9.97 Å². The molecule has 1 atom stereocenters. The van der Waals surface area contributed by atoms with Gasteiger partial charge in [0.15, 0.2) is 0 Å². The Labute approximate surface area is 84.8 Å². The van der Waals surface area contributed by atoms with E-state index in [1.807, 2.05) is 19.3 Å². The summed E-state index contributed by atoms with van der Waals surface area (Å²) in [6, 6.07) is -0.0624. The average molecular weight is 191 g/mol. The molecule has 14 heavy (non-hydrogen) atoms. The Bertz CT molecular complexity index is 286. The van der Waals surface area contributed by atoms with Gasteiger partial charge in [-0.2, -0.15) is 0 Å². The lowest BCUT2D eigenvalue weighted by atomic mass is 10.0. The number of hydrogen-bond donors (Lipinski definition) is 1. The van der Waals surface area contributed by atoms with Crippen molar-refractivity contribution < 1.29 is 0 Å². The van der Waals surface area contributed by atoms with E-state index >= 15 is 0 Å². The van der Waals surface area contributed by atoms with Crippen LogP contribution in [-0.2, 0) is 0 Å². The van der Waals surface area contributed by atoms with Crippen molar-refractivity contribution in [3.05, 3.63) is 23.8 Å². The largest absolute Gasteiger partial charge is 0.322 e. The average Bonchev–Trinajstić information content (AvgIpc) is 2.71. The van der Waals surface area contributed by atoms with Crippen molar-refractivity contribution in [1.29, 1.82) is 0 Å². The fourth-order valence-corrected chi connectivity index (χ4v) is 2.05. The Hall–Kier alpha value is -0.960. The maximum Gasteiger partial charge on any atom is 0.144 e. The van der Waals surface area contributed by atoms with Crippen LogP contribution in [0.2, 0.25) is 0 Å². The summed E-state index contributed by atoms with van der Waals surface area (Å²) < 4.78 is 0. The van der Waals surface area contributed by atoms with Gasteiger partial charge in [-0.3, -0.25) is 0 Å². The zero-order chi connectivity index (χ0) is 9.97. The minimum atomic E-state index is -0.0624. The molecule has 2 N–H and O–H groups in total. The molecule has 1 aromatic heterocycles. The first-order valence-corrected chi connectivity index (χ1v) is 5.35. The van der Waals surface area contributed by atoms with E-state index in [2.05, 4.69) is 9.97 Å². The molecule has 0 aromatic carbocycles. The second-order valence-corrected chi connectivity index (χ2v) is 4.14. The van der Waals surface area contributed by atoms with Crippen molar-refractivity contribution in [2.75, 3.05) is 0 Å². The Morgan fingerprint density at radius 1 is 1.29 bits per heavy atom. The highest BCUT2D eigenvalue weighted by Gasteiger charge is 2.17. The minimum Gasteiger partial charge on any atom is -0.322 e. The van der Waals surface area contributed by atoms with E-state index in [-0.39, 0.29) is 6.04 Å². The molecule has 1 aliphatic carbocycles. The molecule has 1 aliphatic rings. The number of hydrogen-bond acceptors (Lipinski definition) is 3. The van der Waals surface area contributed by atoms with Crippen LogP contribution in [0.4, 0.5) is 0 Å². The van der Waals surface area contributed by atoms with Crippen LogP contribution in [0, 0.1) is 0 Å². The molecule has 0 amide bonds. The molecule has 1 fully saturated rings. The SMILES string of the molecule is CC(N)c1ncc(C2CCCC2)cn1. The fraction of sp³-hybridized carbons (Fsp3) is 0.636. The van der Waals surface area contributed by atoms with Gasteiger partial charge >= 0.3 is 0 Å². The number of aromatic nitrogens is 2. The van der Waals surface area contributed by atoms with Gasteiger partial charge in [0, 0.05) is 12.4 Å². The van der Waals surface area contributed by atoms with E-state index in [1.165, 1.54) is 31.2 Å². The molecule has 0 saturated heterocycles. The third-order valence-corrected chi connectivity index (χ3v) is 2.93. The molecular formula is C11H17N3. The summed E-state index contributed by atoms with van der Waals surface area (Å²) in [6.07, 6.45) is 9.17. The van der Waals surface area contributed by atoms with Gasteiger partial charge in [-0.25, -0.2) is 9.97 Å². The van der Waals surface area contributed by atoms with Crippen LogP contribution in [0.25, 0.3) is 0 Å². The van der Waals surface area contributed by atoms with Crippen molar-refractivity contribution in [3.8, 4) is 0 Å². The molecule has 0 aliphatic heterocycles. The van der Waals surface area contributed by atoms with E-state index in [0.717, 1.165) is 5.82 Å². The van der Waals surface area contributed by atoms with Gasteiger partial charge in [-0.1, -0.05) is 12.8 Å². The monoisotopic (exact) mass is 191 g/mol. The van der Waals surface area contributed by atoms with Crippen LogP contribution in [0.15, 0.2) is 12.4 Å². The topological polar surface area (TPSA) is 51.8 Å². The van der Waals surface area contributed by atoms with Gasteiger partial charge < -0.3 is 5.73 Å². The molecule has 1 saturated carbocycles. The second-order valence-electron chi connectivity index (χ2n) is 4.14. The predicted molar refractivity (Wildman–Crippen MR) is 55.8 cm³/mol. The molecule has 3 heteroatoms. The minimum absolute atomic E-state index is 0.0624. The van der Waals surface area contributed by atoms with Crippen molar-refractivity contribution in [3.63, 3.8) is 0 Å². The number of nitrogens with two attached hydrogens (primary N) is 1. The van der Waals surface area contributed by atoms with E-state index in [0.29, 0.717) is 5.92 Å². The van der Waals surface area contributed by atoms with Crippen molar-refractivity contribution >= 4 is 0 Å². The molecule has 1 heterocycles. The fourth-order valence-electron chi connectivity index (χ4n) is 2.05. The van der Waals surface area contributed by atoms with E-state index in [4.69, 9.17) is 5.73 Å². The maximum atomic E-state index is 5.69. The lowest BCUT2D eigenvalue weighted by Crippen LogP contribution is -2.10. The first kappa shape index (κ1) is 9.59. The van der Waals surface area contributed by atoms with Crippen LogP contribution in [0.5, 0.6) is 0 Å². The second kappa shape index (κ2) is 4.05. The van der Waals surface area contributed by atoms with Gasteiger partial charge in [0.25, 0.3) is 0 Å². The molecule has 1 aromatic rings. The van der Waals surface area contributed by atoms with Gasteiger partial charge in [0.05, 0.1) is 6.04 Å². The van der Waals surface area contributed by atoms with Gasteiger partial charge in [0.2, 0.25) is 0 Å². The molecular weight excluding hydrogens is 174 g/mol.